The largest absolute Gasteiger partial charge is 0.771 e. The summed E-state index contributed by atoms with van der Waals surface area (Å²) in [5, 5.41) is 1.53. The average Bonchev–Trinajstić information content (AvgIpc) is 2.66. The summed E-state index contributed by atoms with van der Waals surface area (Å²) in [4.78, 5) is 5.27. The van der Waals surface area contributed by atoms with Crippen LogP contribution in [0.25, 0.3) is 0 Å². The van der Waals surface area contributed by atoms with Crippen molar-refractivity contribution in [1.29, 1.82) is 0 Å². The minimum atomic E-state index is -2.10. The van der Waals surface area contributed by atoms with Crippen LogP contribution in [0.15, 0.2) is 30.3 Å². The first-order valence-corrected chi connectivity index (χ1v) is 6.02. The Morgan fingerprint density at radius 1 is 1.47 bits per heavy atom. The third-order valence-electron chi connectivity index (χ3n) is 2.41. The van der Waals surface area contributed by atoms with Crippen LogP contribution in [0.4, 0.5) is 0 Å². The third-order valence-corrected chi connectivity index (χ3v) is 2.88. The fraction of sp³-hybridized carbons (Fsp3) is 0.400. The quantitative estimate of drug-likeness (QED) is 0.727. The van der Waals surface area contributed by atoms with Crippen LogP contribution in [0.5, 0.6) is 0 Å². The summed E-state index contributed by atoms with van der Waals surface area (Å²) in [5.74, 6) is -0.0699. The predicted molar refractivity (Wildman–Crippen MR) is 55.4 cm³/mol. The zero-order valence-electron chi connectivity index (χ0n) is 8.17. The molecule has 0 bridgehead atoms. The highest BCUT2D eigenvalue weighted by molar-refractivity contribution is 7.79. The number of hydroxylamine groups is 2. The molecule has 1 saturated heterocycles. The lowest BCUT2D eigenvalue weighted by Crippen LogP contribution is -2.25. The molecular formula is C10H12NO3S-. The molecule has 1 heterocycles. The number of benzene rings is 1. The molecule has 15 heavy (non-hydrogen) atoms. The molecule has 0 radical (unpaired) electrons. The Hall–Kier alpha value is -0.750. The highest BCUT2D eigenvalue weighted by Crippen LogP contribution is 2.29. The van der Waals surface area contributed by atoms with Crippen LogP contribution in [0.3, 0.4) is 0 Å². The molecule has 2 unspecified atom stereocenters. The number of hydrogen-bond donors (Lipinski definition) is 0. The Morgan fingerprint density at radius 2 is 2.20 bits per heavy atom. The van der Waals surface area contributed by atoms with Crippen LogP contribution >= 0.6 is 0 Å². The molecule has 1 aromatic rings. The van der Waals surface area contributed by atoms with Crippen LogP contribution in [-0.2, 0) is 15.9 Å². The highest BCUT2D eigenvalue weighted by atomic mass is 32.2. The lowest BCUT2D eigenvalue weighted by molar-refractivity contribution is -0.118. The van der Waals surface area contributed by atoms with Crippen LogP contribution in [0, 0.1) is 0 Å². The maximum atomic E-state index is 10.6. The second-order valence-electron chi connectivity index (χ2n) is 3.40. The van der Waals surface area contributed by atoms with E-state index in [1.54, 1.807) is 0 Å². The third kappa shape index (κ3) is 2.63. The molecular weight excluding hydrogens is 214 g/mol. The van der Waals surface area contributed by atoms with E-state index in [0.717, 1.165) is 12.0 Å². The summed E-state index contributed by atoms with van der Waals surface area (Å²) in [6.07, 6.45) is 0.835. The number of nitrogens with zero attached hydrogens (tertiary/aromatic N) is 1. The first-order valence-electron chi connectivity index (χ1n) is 4.78. The molecule has 82 valence electrons. The fourth-order valence-electron chi connectivity index (χ4n) is 1.75. The van der Waals surface area contributed by atoms with Crippen molar-refractivity contribution in [2.24, 2.45) is 0 Å². The van der Waals surface area contributed by atoms with Gasteiger partial charge in [-0.05, 0) is 23.1 Å². The van der Waals surface area contributed by atoms with Crippen LogP contribution < -0.4 is 0 Å². The Kier molecular flexibility index (Phi) is 3.48. The minimum absolute atomic E-state index is 0.0594. The van der Waals surface area contributed by atoms with Gasteiger partial charge < -0.3 is 4.55 Å². The molecule has 5 heteroatoms. The topological polar surface area (TPSA) is 52.6 Å². The van der Waals surface area contributed by atoms with Crippen molar-refractivity contribution in [2.75, 3.05) is 12.5 Å². The molecule has 0 saturated carbocycles. The molecule has 1 aromatic carbocycles. The standard InChI is InChI=1S/C10H13NO3S/c12-15(13)8-11-10(6-7-14-11)9-4-2-1-3-5-9/h1-5,10H,6-8H2,(H,12,13)/p-1. The van der Waals surface area contributed by atoms with Crippen molar-refractivity contribution in [1.82, 2.24) is 5.06 Å². The van der Waals surface area contributed by atoms with Gasteiger partial charge in [-0.3, -0.25) is 9.05 Å². The van der Waals surface area contributed by atoms with Crippen molar-refractivity contribution < 1.29 is 13.6 Å². The van der Waals surface area contributed by atoms with Crippen molar-refractivity contribution in [2.45, 2.75) is 12.5 Å². The molecule has 0 aromatic heterocycles. The zero-order chi connectivity index (χ0) is 10.7. The Morgan fingerprint density at radius 3 is 2.87 bits per heavy atom. The van der Waals surface area contributed by atoms with Gasteiger partial charge in [0, 0.05) is 0 Å². The average molecular weight is 226 g/mol. The first-order chi connectivity index (χ1) is 7.27. The predicted octanol–water partition coefficient (Wildman–Crippen LogP) is 1.20. The molecule has 4 nitrogen and oxygen atoms in total. The van der Waals surface area contributed by atoms with Gasteiger partial charge in [0.2, 0.25) is 0 Å². The van der Waals surface area contributed by atoms with Crippen LogP contribution in [0.1, 0.15) is 18.0 Å². The molecule has 0 N–H and O–H groups in total. The Labute approximate surface area is 91.1 Å². The monoisotopic (exact) mass is 226 g/mol. The van der Waals surface area contributed by atoms with Crippen LogP contribution in [0.2, 0.25) is 0 Å². The summed E-state index contributed by atoms with van der Waals surface area (Å²) in [5.41, 5.74) is 1.10. The van der Waals surface area contributed by atoms with E-state index in [4.69, 9.17) is 4.84 Å². The van der Waals surface area contributed by atoms with Gasteiger partial charge in [-0.1, -0.05) is 30.3 Å². The molecule has 0 spiro atoms. The molecule has 2 atom stereocenters. The van der Waals surface area contributed by atoms with Gasteiger partial charge in [0.15, 0.2) is 0 Å². The van der Waals surface area contributed by atoms with E-state index in [9.17, 15) is 8.76 Å². The van der Waals surface area contributed by atoms with Gasteiger partial charge in [-0.25, -0.2) is 0 Å². The molecule has 0 amide bonds. The summed E-state index contributed by atoms with van der Waals surface area (Å²) in [6.45, 7) is 0.580. The van der Waals surface area contributed by atoms with E-state index in [-0.39, 0.29) is 11.9 Å². The van der Waals surface area contributed by atoms with E-state index >= 15 is 0 Å². The van der Waals surface area contributed by atoms with Crippen molar-refractivity contribution >= 4 is 11.1 Å². The van der Waals surface area contributed by atoms with Gasteiger partial charge in [-0.2, -0.15) is 5.06 Å². The van der Waals surface area contributed by atoms with Gasteiger partial charge in [0.25, 0.3) is 0 Å². The number of hydrogen-bond acceptors (Lipinski definition) is 4. The maximum absolute atomic E-state index is 10.6. The normalized spacial score (nSPS) is 24.2. The Bertz CT molecular complexity index is 344. The van der Waals surface area contributed by atoms with Crippen molar-refractivity contribution in [3.8, 4) is 0 Å². The van der Waals surface area contributed by atoms with Crippen molar-refractivity contribution in [3.63, 3.8) is 0 Å². The van der Waals surface area contributed by atoms with Gasteiger partial charge >= 0.3 is 0 Å². The fourth-order valence-corrected chi connectivity index (χ4v) is 2.22. The number of rotatable bonds is 3. The molecule has 0 aliphatic carbocycles. The molecule has 1 fully saturated rings. The summed E-state index contributed by atoms with van der Waals surface area (Å²) in [6, 6.07) is 9.86. The zero-order valence-corrected chi connectivity index (χ0v) is 8.98. The summed E-state index contributed by atoms with van der Waals surface area (Å²) in [7, 11) is 0. The lowest BCUT2D eigenvalue weighted by atomic mass is 10.1. The summed E-state index contributed by atoms with van der Waals surface area (Å²) < 4.78 is 21.2. The molecule has 2 rings (SSSR count). The minimum Gasteiger partial charge on any atom is -0.771 e. The molecule has 1 aliphatic rings. The molecule has 1 aliphatic heterocycles. The van der Waals surface area contributed by atoms with Gasteiger partial charge in [-0.15, -0.1) is 0 Å². The van der Waals surface area contributed by atoms with E-state index in [0.29, 0.717) is 6.61 Å². The van der Waals surface area contributed by atoms with Crippen LogP contribution in [-0.4, -0.2) is 26.3 Å². The second kappa shape index (κ2) is 4.85. The lowest BCUT2D eigenvalue weighted by Gasteiger charge is -2.23. The van der Waals surface area contributed by atoms with E-state index < -0.39 is 11.1 Å². The van der Waals surface area contributed by atoms with Gasteiger partial charge in [0.05, 0.1) is 18.5 Å². The van der Waals surface area contributed by atoms with E-state index in [1.807, 2.05) is 30.3 Å². The smallest absolute Gasteiger partial charge is 0.0871 e. The summed E-state index contributed by atoms with van der Waals surface area (Å²) >= 11 is -2.10. The van der Waals surface area contributed by atoms with Crippen molar-refractivity contribution in [3.05, 3.63) is 35.9 Å². The van der Waals surface area contributed by atoms with E-state index in [1.165, 1.54) is 5.06 Å². The Balaban J connectivity index is 2.11. The highest BCUT2D eigenvalue weighted by Gasteiger charge is 2.26. The van der Waals surface area contributed by atoms with Gasteiger partial charge in [0.1, 0.15) is 0 Å². The van der Waals surface area contributed by atoms with E-state index in [2.05, 4.69) is 0 Å². The SMILES string of the molecule is O=S([O-])CN1OCCC1c1ccccc1. The maximum Gasteiger partial charge on any atom is 0.0871 e. The second-order valence-corrected chi connectivity index (χ2v) is 4.26. The first kappa shape index (κ1) is 10.8.